The summed E-state index contributed by atoms with van der Waals surface area (Å²) < 4.78 is 54.1. The molecule has 7 nitrogen and oxygen atoms in total. The molecule has 0 bridgehead atoms. The number of piperazine rings is 1. The van der Waals surface area contributed by atoms with E-state index in [0.717, 1.165) is 17.7 Å². The molecule has 0 saturated carbocycles. The molecule has 2 aromatic rings. The molecule has 2 heterocycles. The molecule has 0 spiro atoms. The number of nitrogens with one attached hydrogen (secondary N) is 1. The number of alkyl halides is 3. The summed E-state index contributed by atoms with van der Waals surface area (Å²) in [4.78, 5) is 32.2. The zero-order chi connectivity index (χ0) is 32.2. The van der Waals surface area contributed by atoms with Crippen molar-refractivity contribution in [1.82, 2.24) is 15.1 Å². The molecule has 2 aromatic carbocycles. The van der Waals surface area contributed by atoms with Gasteiger partial charge in [0, 0.05) is 78.1 Å². The van der Waals surface area contributed by atoms with Gasteiger partial charge in [0.25, 0.3) is 0 Å². The van der Waals surface area contributed by atoms with Gasteiger partial charge < -0.3 is 20.0 Å². The molecule has 242 valence electrons. The first-order chi connectivity index (χ1) is 20.7. The molecule has 1 unspecified atom stereocenters. The van der Waals surface area contributed by atoms with Crippen molar-refractivity contribution in [3.63, 3.8) is 0 Å². The highest BCUT2D eigenvalue weighted by atomic mass is 35.5. The lowest BCUT2D eigenvalue weighted by atomic mass is 9.88. The van der Waals surface area contributed by atoms with E-state index >= 15 is 0 Å². The minimum absolute atomic E-state index is 0.0473. The van der Waals surface area contributed by atoms with E-state index in [-0.39, 0.29) is 30.1 Å². The second kappa shape index (κ2) is 14.6. The first-order valence-corrected chi connectivity index (χ1v) is 16.9. The highest BCUT2D eigenvalue weighted by Crippen LogP contribution is 2.38. The molecule has 2 saturated heterocycles. The Labute approximate surface area is 265 Å². The number of carbonyl (C=O) groups is 2. The van der Waals surface area contributed by atoms with Crippen molar-refractivity contribution in [3.8, 4) is 0 Å². The second-order valence-electron chi connectivity index (χ2n) is 12.4. The zero-order valence-electron chi connectivity index (χ0n) is 25.7. The number of rotatable bonds is 10. The Balaban J connectivity index is 1.54. The van der Waals surface area contributed by atoms with Gasteiger partial charge in [0.2, 0.25) is 11.8 Å². The van der Waals surface area contributed by atoms with E-state index in [9.17, 15) is 27.0 Å². The largest absolute Gasteiger partial charge is 0.416 e. The van der Waals surface area contributed by atoms with Crippen LogP contribution in [0.3, 0.4) is 0 Å². The molecule has 44 heavy (non-hydrogen) atoms. The standard InChI is InChI=1S/C32H42ClF3N4O3S/c1-21(2)17-28(37-30(41)11-12-38(3)4)25-18-23(32(34,35)36)7-10-29(25)39-13-15-40(16-14-39)31(42)27-20-44(43)19-26(27)22-5-8-24(33)9-6-22/h5-10,18,21,26-28H,11-17,19-20H2,1-4H3,(H,37,41)/t26-,27+,28+,44?/m1/s1. The Morgan fingerprint density at radius 3 is 2.30 bits per heavy atom. The van der Waals surface area contributed by atoms with E-state index in [1.165, 1.54) is 6.07 Å². The first kappa shape index (κ1) is 34.2. The molecule has 4 atom stereocenters. The lowest BCUT2D eigenvalue weighted by Gasteiger charge is -2.39. The van der Waals surface area contributed by atoms with Gasteiger partial charge >= 0.3 is 6.18 Å². The molecule has 12 heteroatoms. The number of amides is 2. The van der Waals surface area contributed by atoms with Crippen LogP contribution >= 0.6 is 11.6 Å². The van der Waals surface area contributed by atoms with Gasteiger partial charge in [0.15, 0.2) is 0 Å². The molecule has 2 aliphatic rings. The van der Waals surface area contributed by atoms with Crippen LogP contribution in [0.4, 0.5) is 18.9 Å². The van der Waals surface area contributed by atoms with Gasteiger partial charge in [-0.2, -0.15) is 13.2 Å². The van der Waals surface area contributed by atoms with Crippen molar-refractivity contribution in [2.75, 3.05) is 63.2 Å². The van der Waals surface area contributed by atoms with E-state index in [1.807, 2.05) is 49.9 Å². The molecular formula is C32H42ClF3N4O3S. The molecule has 2 aliphatic heterocycles. The summed E-state index contributed by atoms with van der Waals surface area (Å²) in [6.07, 6.45) is -3.82. The number of halogens is 4. The summed E-state index contributed by atoms with van der Waals surface area (Å²) >= 11 is 6.05. The summed E-state index contributed by atoms with van der Waals surface area (Å²) in [5.41, 5.74) is 1.24. The van der Waals surface area contributed by atoms with Crippen molar-refractivity contribution in [2.45, 2.75) is 44.8 Å². The van der Waals surface area contributed by atoms with Crippen molar-refractivity contribution >= 4 is 39.9 Å². The Hall–Kier alpha value is -2.63. The maximum atomic E-state index is 13.9. The molecule has 4 rings (SSSR count). The average molecular weight is 655 g/mol. The van der Waals surface area contributed by atoms with Gasteiger partial charge in [-0.15, -0.1) is 0 Å². The van der Waals surface area contributed by atoms with Gasteiger partial charge in [0.05, 0.1) is 17.5 Å². The number of benzene rings is 2. The third-order valence-corrected chi connectivity index (χ3v) is 10.0. The van der Waals surface area contributed by atoms with Crippen LogP contribution in [0.2, 0.25) is 5.02 Å². The van der Waals surface area contributed by atoms with Crippen LogP contribution in [0.1, 0.15) is 55.3 Å². The maximum Gasteiger partial charge on any atom is 0.416 e. The van der Waals surface area contributed by atoms with Gasteiger partial charge in [-0.25, -0.2) is 0 Å². The van der Waals surface area contributed by atoms with E-state index in [2.05, 4.69) is 5.32 Å². The number of hydrogen-bond donors (Lipinski definition) is 1. The fraction of sp³-hybridized carbons (Fsp3) is 0.562. The Morgan fingerprint density at radius 2 is 1.70 bits per heavy atom. The minimum atomic E-state index is -4.53. The van der Waals surface area contributed by atoms with E-state index in [1.54, 1.807) is 17.0 Å². The maximum absolute atomic E-state index is 13.9. The molecule has 0 radical (unpaired) electrons. The Kier molecular flexibility index (Phi) is 11.4. The number of carbonyl (C=O) groups excluding carboxylic acids is 2. The molecule has 2 amide bonds. The van der Waals surface area contributed by atoms with Gasteiger partial charge in [0.1, 0.15) is 0 Å². The van der Waals surface area contributed by atoms with Crippen LogP contribution < -0.4 is 10.2 Å². The van der Waals surface area contributed by atoms with Crippen molar-refractivity contribution in [3.05, 3.63) is 64.2 Å². The van der Waals surface area contributed by atoms with E-state index < -0.39 is 34.5 Å². The van der Waals surface area contributed by atoms with Crippen molar-refractivity contribution < 1.29 is 27.0 Å². The quantitative estimate of drug-likeness (QED) is 0.375. The van der Waals surface area contributed by atoms with E-state index in [0.29, 0.717) is 66.9 Å². The highest BCUT2D eigenvalue weighted by molar-refractivity contribution is 7.85. The summed E-state index contributed by atoms with van der Waals surface area (Å²) in [5.74, 6) is 0.0216. The van der Waals surface area contributed by atoms with Crippen LogP contribution in [0.5, 0.6) is 0 Å². The second-order valence-corrected chi connectivity index (χ2v) is 14.4. The smallest absolute Gasteiger partial charge is 0.368 e. The molecule has 1 N–H and O–H groups in total. The first-order valence-electron chi connectivity index (χ1n) is 15.0. The Morgan fingerprint density at radius 1 is 1.05 bits per heavy atom. The van der Waals surface area contributed by atoms with Crippen LogP contribution in [-0.2, 0) is 26.6 Å². The normalized spacial score (nSPS) is 21.6. The van der Waals surface area contributed by atoms with E-state index in [4.69, 9.17) is 11.6 Å². The van der Waals surface area contributed by atoms with Crippen LogP contribution in [-0.4, -0.2) is 84.1 Å². The monoisotopic (exact) mass is 654 g/mol. The molecule has 0 aliphatic carbocycles. The summed E-state index contributed by atoms with van der Waals surface area (Å²) in [6.45, 7) is 6.11. The van der Waals surface area contributed by atoms with Gasteiger partial charge in [-0.3, -0.25) is 13.8 Å². The molecule has 0 aromatic heterocycles. The number of nitrogens with zero attached hydrogens (tertiary/aromatic N) is 3. The summed E-state index contributed by atoms with van der Waals surface area (Å²) in [6, 6.07) is 10.5. The third kappa shape index (κ3) is 8.75. The molecule has 2 fully saturated rings. The van der Waals surface area contributed by atoms with Crippen LogP contribution in [0.25, 0.3) is 0 Å². The Bertz CT molecular complexity index is 1330. The van der Waals surface area contributed by atoms with Crippen molar-refractivity contribution in [1.29, 1.82) is 0 Å². The lowest BCUT2D eigenvalue weighted by molar-refractivity contribution is -0.138. The van der Waals surface area contributed by atoms with Gasteiger partial charge in [-0.05, 0) is 67.9 Å². The summed E-state index contributed by atoms with van der Waals surface area (Å²) in [5, 5.41) is 3.60. The fourth-order valence-electron chi connectivity index (χ4n) is 6.01. The minimum Gasteiger partial charge on any atom is -0.368 e. The summed E-state index contributed by atoms with van der Waals surface area (Å²) in [7, 11) is 2.62. The topological polar surface area (TPSA) is 73.0 Å². The average Bonchev–Trinajstić information content (AvgIpc) is 3.36. The fourth-order valence-corrected chi connectivity index (χ4v) is 7.87. The number of hydrogen-bond acceptors (Lipinski definition) is 5. The number of anilines is 1. The van der Waals surface area contributed by atoms with Gasteiger partial charge in [-0.1, -0.05) is 37.6 Å². The van der Waals surface area contributed by atoms with Crippen LogP contribution in [0, 0.1) is 11.8 Å². The lowest BCUT2D eigenvalue weighted by Crippen LogP contribution is -2.51. The molecular weight excluding hydrogens is 613 g/mol. The highest BCUT2D eigenvalue weighted by Gasteiger charge is 2.41. The van der Waals surface area contributed by atoms with Crippen LogP contribution in [0.15, 0.2) is 42.5 Å². The third-order valence-electron chi connectivity index (χ3n) is 8.32. The zero-order valence-corrected chi connectivity index (χ0v) is 27.3. The van der Waals surface area contributed by atoms with Crippen molar-refractivity contribution in [2.24, 2.45) is 11.8 Å². The predicted molar refractivity (Wildman–Crippen MR) is 169 cm³/mol. The predicted octanol–water partition coefficient (Wildman–Crippen LogP) is 5.32. The SMILES string of the molecule is CC(C)C[C@H](NC(=O)CCN(C)C)c1cc(C(F)(F)F)ccc1N1CCN(C(=O)[C@H]2CS(=O)C[C@@H]2c2ccc(Cl)cc2)CC1.